The molecule has 1 saturated heterocycles. The number of hydrogen-bond donors (Lipinski definition) is 2. The molecule has 2 N–H and O–H groups in total. The summed E-state index contributed by atoms with van der Waals surface area (Å²) in [5, 5.41) is 5.88. The Bertz CT molecular complexity index is 807. The van der Waals surface area contributed by atoms with E-state index < -0.39 is 5.82 Å². The van der Waals surface area contributed by atoms with Crippen LogP contribution >= 0.6 is 0 Å². The Morgan fingerprint density at radius 3 is 2.61 bits per heavy atom. The molecular formula is C19H24FN7O. The summed E-state index contributed by atoms with van der Waals surface area (Å²) in [7, 11) is 0. The van der Waals surface area contributed by atoms with Gasteiger partial charge < -0.3 is 20.4 Å². The van der Waals surface area contributed by atoms with Gasteiger partial charge in [-0.3, -0.25) is 4.79 Å². The molecule has 3 rings (SSSR count). The molecule has 0 aliphatic carbocycles. The lowest BCUT2D eigenvalue weighted by Crippen LogP contribution is -2.53. The first-order valence-electron chi connectivity index (χ1n) is 9.26. The molecule has 2 heterocycles. The summed E-state index contributed by atoms with van der Waals surface area (Å²) in [5.41, 5.74) is 0.418. The number of aromatic nitrogens is 2. The molecule has 0 atom stereocenters. The molecule has 148 valence electrons. The van der Waals surface area contributed by atoms with Crippen molar-refractivity contribution in [3.05, 3.63) is 48.5 Å². The first-order chi connectivity index (χ1) is 13.7. The highest BCUT2D eigenvalue weighted by molar-refractivity contribution is 5.94. The lowest BCUT2D eigenvalue weighted by molar-refractivity contribution is -0.114. The van der Waals surface area contributed by atoms with Gasteiger partial charge in [-0.25, -0.2) is 19.4 Å². The van der Waals surface area contributed by atoms with E-state index in [0.717, 1.165) is 32.1 Å². The van der Waals surface area contributed by atoms with Gasteiger partial charge in [-0.15, -0.1) is 0 Å². The Balaban J connectivity index is 1.56. The monoisotopic (exact) mass is 385 g/mol. The fourth-order valence-electron chi connectivity index (χ4n) is 2.91. The Hall–Kier alpha value is -3.23. The van der Waals surface area contributed by atoms with E-state index >= 15 is 0 Å². The summed E-state index contributed by atoms with van der Waals surface area (Å²) in [6.45, 7) is 5.67. The van der Waals surface area contributed by atoms with Crippen molar-refractivity contribution < 1.29 is 9.18 Å². The van der Waals surface area contributed by atoms with Gasteiger partial charge in [0.15, 0.2) is 5.96 Å². The van der Waals surface area contributed by atoms with Crippen LogP contribution in [0.4, 0.5) is 16.0 Å². The Morgan fingerprint density at radius 2 is 1.93 bits per heavy atom. The number of carbonyl (C=O) groups excluding carboxylic acids is 1. The number of nitrogens with zero attached hydrogens (tertiary/aromatic N) is 5. The molecule has 0 saturated carbocycles. The second-order valence-electron chi connectivity index (χ2n) is 6.25. The SMILES string of the molecule is CCNC(=NCC(=O)Nc1cccc(F)c1)N1CCN(c2ncccn2)CC1. The molecule has 8 nitrogen and oxygen atoms in total. The van der Waals surface area contributed by atoms with Crippen LogP contribution in [-0.2, 0) is 4.79 Å². The number of anilines is 2. The number of guanidine groups is 1. The van der Waals surface area contributed by atoms with Crippen molar-refractivity contribution in [2.45, 2.75) is 6.92 Å². The zero-order valence-corrected chi connectivity index (χ0v) is 15.8. The van der Waals surface area contributed by atoms with Crippen LogP contribution in [0.25, 0.3) is 0 Å². The van der Waals surface area contributed by atoms with Gasteiger partial charge in [0.25, 0.3) is 0 Å². The molecule has 0 bridgehead atoms. The topological polar surface area (TPSA) is 85.8 Å². The Morgan fingerprint density at radius 1 is 1.18 bits per heavy atom. The van der Waals surface area contributed by atoms with Gasteiger partial charge in [0.05, 0.1) is 0 Å². The van der Waals surface area contributed by atoms with Crippen LogP contribution in [0.5, 0.6) is 0 Å². The molecule has 1 aliphatic rings. The summed E-state index contributed by atoms with van der Waals surface area (Å²) in [4.78, 5) is 29.4. The predicted octanol–water partition coefficient (Wildman–Crippen LogP) is 1.34. The molecule has 1 amide bonds. The summed E-state index contributed by atoms with van der Waals surface area (Å²) < 4.78 is 13.2. The van der Waals surface area contributed by atoms with E-state index in [-0.39, 0.29) is 12.5 Å². The first kappa shape index (κ1) is 19.5. The molecule has 28 heavy (non-hydrogen) atoms. The number of piperazine rings is 1. The number of halogens is 1. The normalized spacial score (nSPS) is 14.7. The van der Waals surface area contributed by atoms with Gasteiger partial charge in [-0.2, -0.15) is 0 Å². The fraction of sp³-hybridized carbons (Fsp3) is 0.368. The zero-order valence-electron chi connectivity index (χ0n) is 15.8. The van der Waals surface area contributed by atoms with E-state index in [1.165, 1.54) is 12.1 Å². The highest BCUT2D eigenvalue weighted by Gasteiger charge is 2.21. The molecular weight excluding hydrogens is 361 g/mol. The number of amides is 1. The third-order valence-corrected chi connectivity index (χ3v) is 4.23. The third-order valence-electron chi connectivity index (χ3n) is 4.23. The second-order valence-corrected chi connectivity index (χ2v) is 6.25. The van der Waals surface area contributed by atoms with Crippen LogP contribution in [0.15, 0.2) is 47.7 Å². The van der Waals surface area contributed by atoms with E-state index in [2.05, 4.69) is 35.4 Å². The van der Waals surface area contributed by atoms with Crippen molar-refractivity contribution in [2.24, 2.45) is 4.99 Å². The minimum absolute atomic E-state index is 0.0408. The summed E-state index contributed by atoms with van der Waals surface area (Å²) in [6, 6.07) is 7.59. The molecule has 9 heteroatoms. The van der Waals surface area contributed by atoms with Crippen molar-refractivity contribution in [1.29, 1.82) is 0 Å². The lowest BCUT2D eigenvalue weighted by atomic mass is 10.3. The zero-order chi connectivity index (χ0) is 19.8. The molecule has 0 spiro atoms. The van der Waals surface area contributed by atoms with E-state index in [1.807, 2.05) is 6.92 Å². The Labute approximate surface area is 163 Å². The van der Waals surface area contributed by atoms with Crippen molar-refractivity contribution in [1.82, 2.24) is 20.2 Å². The third kappa shape index (κ3) is 5.38. The van der Waals surface area contributed by atoms with Gasteiger partial charge in [0.1, 0.15) is 12.4 Å². The maximum absolute atomic E-state index is 13.2. The van der Waals surface area contributed by atoms with Crippen LogP contribution in [0.3, 0.4) is 0 Å². The summed E-state index contributed by atoms with van der Waals surface area (Å²) >= 11 is 0. The molecule has 1 aliphatic heterocycles. The van der Waals surface area contributed by atoms with E-state index in [0.29, 0.717) is 18.2 Å². The van der Waals surface area contributed by atoms with Crippen molar-refractivity contribution in [2.75, 3.05) is 49.5 Å². The molecule has 2 aromatic rings. The standard InChI is InChI=1S/C19H24FN7O/c1-2-21-18(24-14-17(28)25-16-6-3-5-15(20)13-16)26-9-11-27(12-10-26)19-22-7-4-8-23-19/h3-8,13H,2,9-12,14H2,1H3,(H,21,24)(H,25,28). The maximum Gasteiger partial charge on any atom is 0.246 e. The van der Waals surface area contributed by atoms with Crippen molar-refractivity contribution in [3.63, 3.8) is 0 Å². The number of benzene rings is 1. The van der Waals surface area contributed by atoms with E-state index in [9.17, 15) is 9.18 Å². The van der Waals surface area contributed by atoms with Gasteiger partial charge >= 0.3 is 0 Å². The minimum Gasteiger partial charge on any atom is -0.357 e. The Kier molecular flexibility index (Phi) is 6.72. The average Bonchev–Trinajstić information content (AvgIpc) is 2.72. The smallest absolute Gasteiger partial charge is 0.246 e. The van der Waals surface area contributed by atoms with E-state index in [1.54, 1.807) is 30.6 Å². The van der Waals surface area contributed by atoms with E-state index in [4.69, 9.17) is 0 Å². The average molecular weight is 385 g/mol. The fourth-order valence-corrected chi connectivity index (χ4v) is 2.91. The number of rotatable bonds is 5. The number of aliphatic imine (C=N–C) groups is 1. The van der Waals surface area contributed by atoms with Crippen molar-refractivity contribution in [3.8, 4) is 0 Å². The van der Waals surface area contributed by atoms with Crippen LogP contribution in [0, 0.1) is 5.82 Å². The highest BCUT2D eigenvalue weighted by Crippen LogP contribution is 2.10. The van der Waals surface area contributed by atoms with Gasteiger partial charge in [-0.1, -0.05) is 6.07 Å². The molecule has 0 radical (unpaired) electrons. The number of carbonyl (C=O) groups is 1. The molecule has 0 unspecified atom stereocenters. The quantitative estimate of drug-likeness (QED) is 0.597. The van der Waals surface area contributed by atoms with Gasteiger partial charge in [0.2, 0.25) is 11.9 Å². The van der Waals surface area contributed by atoms with Crippen LogP contribution < -0.4 is 15.5 Å². The van der Waals surface area contributed by atoms with Gasteiger partial charge in [0, 0.05) is 50.8 Å². The minimum atomic E-state index is -0.394. The molecule has 1 fully saturated rings. The summed E-state index contributed by atoms with van der Waals surface area (Å²) in [5.74, 6) is 0.719. The van der Waals surface area contributed by atoms with Crippen LogP contribution in [-0.4, -0.2) is 66.0 Å². The molecule has 1 aromatic carbocycles. The summed E-state index contributed by atoms with van der Waals surface area (Å²) in [6.07, 6.45) is 3.47. The molecule has 1 aromatic heterocycles. The predicted molar refractivity (Wildman–Crippen MR) is 107 cm³/mol. The largest absolute Gasteiger partial charge is 0.357 e. The van der Waals surface area contributed by atoms with Gasteiger partial charge in [-0.05, 0) is 31.2 Å². The lowest BCUT2D eigenvalue weighted by Gasteiger charge is -2.36. The maximum atomic E-state index is 13.2. The highest BCUT2D eigenvalue weighted by atomic mass is 19.1. The number of hydrogen-bond acceptors (Lipinski definition) is 5. The van der Waals surface area contributed by atoms with Crippen LogP contribution in [0.1, 0.15) is 6.92 Å². The first-order valence-corrected chi connectivity index (χ1v) is 9.26. The number of nitrogens with one attached hydrogen (secondary N) is 2. The van der Waals surface area contributed by atoms with Crippen LogP contribution in [0.2, 0.25) is 0 Å². The second kappa shape index (κ2) is 9.63. The van der Waals surface area contributed by atoms with Crippen molar-refractivity contribution >= 4 is 23.5 Å².